The van der Waals surface area contributed by atoms with Gasteiger partial charge in [0.05, 0.1) is 0 Å². The highest BCUT2D eigenvalue weighted by Gasteiger charge is 2.38. The van der Waals surface area contributed by atoms with Gasteiger partial charge in [0.2, 0.25) is 10.0 Å². The summed E-state index contributed by atoms with van der Waals surface area (Å²) in [4.78, 5) is 15.9. The van der Waals surface area contributed by atoms with Crippen molar-refractivity contribution in [2.24, 2.45) is 5.14 Å². The molecule has 0 bridgehead atoms. The molecule has 2 aliphatic heterocycles. The number of primary sulfonamides is 1. The summed E-state index contributed by atoms with van der Waals surface area (Å²) >= 11 is 0. The lowest BCUT2D eigenvalue weighted by molar-refractivity contribution is 0.165. The summed E-state index contributed by atoms with van der Waals surface area (Å²) in [5.41, 5.74) is 1.26. The molecule has 8 heteroatoms. The van der Waals surface area contributed by atoms with E-state index in [1.807, 2.05) is 18.2 Å². The number of nitrogens with two attached hydrogens (primary N) is 1. The molecule has 3 rings (SSSR count). The van der Waals surface area contributed by atoms with Crippen LogP contribution in [0.3, 0.4) is 0 Å². The Balaban J connectivity index is 1.43. The lowest BCUT2D eigenvalue weighted by Crippen LogP contribution is -2.61. The molecular formula is C15H22N4O3S. The number of nitrogens with zero attached hydrogens (tertiary/aromatic N) is 2. The average molecular weight is 338 g/mol. The molecule has 0 aromatic heterocycles. The number of urea groups is 1. The molecule has 0 aliphatic carbocycles. The van der Waals surface area contributed by atoms with Crippen LogP contribution in [-0.2, 0) is 16.6 Å². The Bertz CT molecular complexity index is 659. The first kappa shape index (κ1) is 16.2. The normalized spacial score (nSPS) is 22.8. The second-order valence-corrected chi connectivity index (χ2v) is 8.12. The highest BCUT2D eigenvalue weighted by atomic mass is 32.2. The number of carbonyl (C=O) groups is 1. The second-order valence-electron chi connectivity index (χ2n) is 6.27. The molecule has 23 heavy (non-hydrogen) atoms. The monoisotopic (exact) mass is 338 g/mol. The van der Waals surface area contributed by atoms with Crippen LogP contribution in [-0.4, -0.2) is 61.7 Å². The Morgan fingerprint density at radius 2 is 1.91 bits per heavy atom. The summed E-state index contributed by atoms with van der Waals surface area (Å²) in [5.74, 6) is 0. The molecule has 1 aromatic rings. The largest absolute Gasteiger partial charge is 0.334 e. The van der Waals surface area contributed by atoms with E-state index in [-0.39, 0.29) is 25.2 Å². The molecule has 1 atom stereocenters. The van der Waals surface area contributed by atoms with Crippen LogP contribution in [0.4, 0.5) is 4.79 Å². The maximum absolute atomic E-state index is 12.1. The van der Waals surface area contributed by atoms with Crippen LogP contribution in [0.25, 0.3) is 0 Å². The van der Waals surface area contributed by atoms with Crippen molar-refractivity contribution in [3.8, 4) is 0 Å². The van der Waals surface area contributed by atoms with E-state index in [9.17, 15) is 13.2 Å². The number of sulfonamides is 1. The molecule has 1 unspecified atom stereocenters. The average Bonchev–Trinajstić information content (AvgIpc) is 2.83. The van der Waals surface area contributed by atoms with E-state index in [0.717, 1.165) is 26.1 Å². The van der Waals surface area contributed by atoms with Crippen LogP contribution in [0.2, 0.25) is 0 Å². The van der Waals surface area contributed by atoms with E-state index in [2.05, 4.69) is 22.3 Å². The summed E-state index contributed by atoms with van der Waals surface area (Å²) in [6.07, 6.45) is 0.908. The molecule has 126 valence electrons. The van der Waals surface area contributed by atoms with Crippen molar-refractivity contribution >= 4 is 16.1 Å². The zero-order valence-corrected chi connectivity index (χ0v) is 13.7. The van der Waals surface area contributed by atoms with Gasteiger partial charge in [0, 0.05) is 38.8 Å². The zero-order chi connectivity index (χ0) is 16.4. The Morgan fingerprint density at radius 1 is 1.22 bits per heavy atom. The van der Waals surface area contributed by atoms with Gasteiger partial charge < -0.3 is 10.2 Å². The Morgan fingerprint density at radius 3 is 2.57 bits per heavy atom. The van der Waals surface area contributed by atoms with Gasteiger partial charge in [-0.3, -0.25) is 4.90 Å². The van der Waals surface area contributed by atoms with E-state index in [1.165, 1.54) is 10.5 Å². The molecule has 2 fully saturated rings. The summed E-state index contributed by atoms with van der Waals surface area (Å²) < 4.78 is 22.3. The lowest BCUT2D eigenvalue weighted by atomic mass is 10.2. The summed E-state index contributed by atoms with van der Waals surface area (Å²) in [7, 11) is -3.53. The minimum absolute atomic E-state index is 0.111. The highest BCUT2D eigenvalue weighted by molar-refractivity contribution is 7.89. The van der Waals surface area contributed by atoms with Crippen molar-refractivity contribution in [2.45, 2.75) is 24.3 Å². The number of rotatable bonds is 4. The van der Waals surface area contributed by atoms with Crippen LogP contribution in [0.5, 0.6) is 0 Å². The third-order valence-electron chi connectivity index (χ3n) is 4.45. The fraction of sp³-hybridized carbons (Fsp3) is 0.533. The molecule has 2 heterocycles. The van der Waals surface area contributed by atoms with Gasteiger partial charge in [-0.15, -0.1) is 0 Å². The fourth-order valence-corrected chi connectivity index (χ4v) is 3.79. The summed E-state index contributed by atoms with van der Waals surface area (Å²) in [6.45, 7) is 3.01. The number of hydrogen-bond donors (Lipinski definition) is 2. The van der Waals surface area contributed by atoms with E-state index < -0.39 is 15.3 Å². The Kier molecular flexibility index (Phi) is 4.56. The minimum Gasteiger partial charge on any atom is -0.334 e. The smallest absolute Gasteiger partial charge is 0.317 e. The van der Waals surface area contributed by atoms with Crippen LogP contribution in [0, 0.1) is 0 Å². The predicted molar refractivity (Wildman–Crippen MR) is 87.1 cm³/mol. The van der Waals surface area contributed by atoms with Gasteiger partial charge in [0.25, 0.3) is 0 Å². The molecule has 0 spiro atoms. The van der Waals surface area contributed by atoms with Crippen LogP contribution >= 0.6 is 0 Å². The fourth-order valence-electron chi connectivity index (χ4n) is 3.01. The van der Waals surface area contributed by atoms with Gasteiger partial charge in [0.15, 0.2) is 0 Å². The standard InChI is InChI=1S/C15H22N4O3S/c16-23(21,22)14-10-19(11-14)15(20)17-13-6-7-18(9-13)8-12-4-2-1-3-5-12/h1-5,13-14H,6-11H2,(H,17,20)(H2,16,21,22). The number of carbonyl (C=O) groups excluding carboxylic acids is 1. The molecular weight excluding hydrogens is 316 g/mol. The molecule has 7 nitrogen and oxygen atoms in total. The van der Waals surface area contributed by atoms with E-state index in [1.54, 1.807) is 0 Å². The van der Waals surface area contributed by atoms with Gasteiger partial charge >= 0.3 is 6.03 Å². The van der Waals surface area contributed by atoms with Gasteiger partial charge in [-0.2, -0.15) is 0 Å². The van der Waals surface area contributed by atoms with Crippen LogP contribution in [0.15, 0.2) is 30.3 Å². The molecule has 3 N–H and O–H groups in total. The number of benzene rings is 1. The van der Waals surface area contributed by atoms with E-state index >= 15 is 0 Å². The van der Waals surface area contributed by atoms with Crippen LogP contribution in [0.1, 0.15) is 12.0 Å². The first-order valence-corrected chi connectivity index (χ1v) is 9.36. The van der Waals surface area contributed by atoms with Gasteiger partial charge in [-0.25, -0.2) is 18.4 Å². The lowest BCUT2D eigenvalue weighted by Gasteiger charge is -2.38. The van der Waals surface area contributed by atoms with Crippen molar-refractivity contribution in [2.75, 3.05) is 26.2 Å². The maximum Gasteiger partial charge on any atom is 0.317 e. The van der Waals surface area contributed by atoms with E-state index in [4.69, 9.17) is 5.14 Å². The number of hydrogen-bond acceptors (Lipinski definition) is 4. The predicted octanol–water partition coefficient (Wildman–Crippen LogP) is -0.0568. The van der Waals surface area contributed by atoms with Crippen LogP contribution < -0.4 is 10.5 Å². The van der Waals surface area contributed by atoms with Crippen molar-refractivity contribution in [3.05, 3.63) is 35.9 Å². The quantitative estimate of drug-likeness (QED) is 0.804. The first-order valence-electron chi connectivity index (χ1n) is 7.75. The molecule has 0 saturated carbocycles. The third kappa shape index (κ3) is 4.01. The Hall–Kier alpha value is -1.64. The van der Waals surface area contributed by atoms with Crippen molar-refractivity contribution in [1.29, 1.82) is 0 Å². The zero-order valence-electron chi connectivity index (χ0n) is 12.9. The first-order chi connectivity index (χ1) is 10.9. The Labute approximate surface area is 136 Å². The molecule has 0 radical (unpaired) electrons. The second kappa shape index (κ2) is 6.46. The van der Waals surface area contributed by atoms with Crippen molar-refractivity contribution in [3.63, 3.8) is 0 Å². The molecule has 2 saturated heterocycles. The maximum atomic E-state index is 12.1. The topological polar surface area (TPSA) is 95.7 Å². The minimum atomic E-state index is -3.53. The number of likely N-dealkylation sites (tertiary alicyclic amines) is 2. The van der Waals surface area contributed by atoms with Crippen molar-refractivity contribution < 1.29 is 13.2 Å². The third-order valence-corrected chi connectivity index (χ3v) is 5.68. The van der Waals surface area contributed by atoms with Gasteiger partial charge in [0.1, 0.15) is 5.25 Å². The molecule has 1 aromatic carbocycles. The van der Waals surface area contributed by atoms with Crippen molar-refractivity contribution in [1.82, 2.24) is 15.1 Å². The highest BCUT2D eigenvalue weighted by Crippen LogP contribution is 2.17. The molecule has 2 amide bonds. The van der Waals surface area contributed by atoms with Gasteiger partial charge in [-0.1, -0.05) is 30.3 Å². The number of amides is 2. The SMILES string of the molecule is NS(=O)(=O)C1CN(C(=O)NC2CCN(Cc3ccccc3)C2)C1. The summed E-state index contributed by atoms with van der Waals surface area (Å²) in [5, 5.41) is 7.42. The number of nitrogens with one attached hydrogen (secondary N) is 1. The summed E-state index contributed by atoms with van der Waals surface area (Å²) in [6, 6.07) is 10.2. The molecule has 2 aliphatic rings. The van der Waals surface area contributed by atoms with E-state index in [0.29, 0.717) is 0 Å². The van der Waals surface area contributed by atoms with Gasteiger partial charge in [-0.05, 0) is 12.0 Å².